The first-order valence-corrected chi connectivity index (χ1v) is 11.8. The highest BCUT2D eigenvalue weighted by atomic mass is 35.5. The lowest BCUT2D eigenvalue weighted by molar-refractivity contribution is 0.0696. The van der Waals surface area contributed by atoms with E-state index in [1.807, 2.05) is 0 Å². The van der Waals surface area contributed by atoms with Crippen LogP contribution in [0.15, 0.2) is 84.9 Å². The molecule has 0 aliphatic rings. The Morgan fingerprint density at radius 3 is 1.50 bits per heavy atom. The fraction of sp³-hybridized carbons (Fsp3) is 0.0370. The largest absolute Gasteiger partial charge is 0.478 e. The van der Waals surface area contributed by atoms with Crippen molar-refractivity contribution in [3.63, 3.8) is 0 Å². The van der Waals surface area contributed by atoms with Crippen LogP contribution in [0.1, 0.15) is 27.6 Å². The molecule has 0 fully saturated rings. The van der Waals surface area contributed by atoms with Crippen LogP contribution in [0.4, 0.5) is 0 Å². The molecule has 0 bridgehead atoms. The summed E-state index contributed by atoms with van der Waals surface area (Å²) in [6.45, 7) is 1.51. The number of Topliss-reactive ketones (excluding diaryl/α,β-unsaturated/α-hetero) is 1. The minimum atomic E-state index is -1.01. The van der Waals surface area contributed by atoms with Gasteiger partial charge in [0.2, 0.25) is 0 Å². The molecule has 4 rings (SSSR count). The summed E-state index contributed by atoms with van der Waals surface area (Å²) in [7, 11) is 0. The van der Waals surface area contributed by atoms with E-state index in [0.29, 0.717) is 48.7 Å². The van der Waals surface area contributed by atoms with Gasteiger partial charge in [0.1, 0.15) is 23.0 Å². The highest BCUT2D eigenvalue weighted by molar-refractivity contribution is 6.36. The van der Waals surface area contributed by atoms with Crippen LogP contribution >= 0.6 is 46.4 Å². The van der Waals surface area contributed by atoms with Gasteiger partial charge in [-0.2, -0.15) is 0 Å². The van der Waals surface area contributed by atoms with Crippen LogP contribution in [-0.4, -0.2) is 16.9 Å². The standard InChI is InChI=1S/C14H10Cl2O2.C13H8Cl2O3/c1-9(17)10-3-2-4-12(7-10)18-14-6-5-11(15)8-13(14)16;14-9-4-5-12(11(15)7-9)18-10-3-1-2-8(6-10)13(16)17/h2-8H,1H3;1-7H,(H,16,17). The Bertz CT molecular complexity index is 1300. The molecule has 0 aliphatic carbocycles. The lowest BCUT2D eigenvalue weighted by Gasteiger charge is -2.08. The van der Waals surface area contributed by atoms with Crippen LogP contribution in [-0.2, 0) is 0 Å². The van der Waals surface area contributed by atoms with Crippen molar-refractivity contribution in [3.05, 3.63) is 116 Å². The Morgan fingerprint density at radius 1 is 0.639 bits per heavy atom. The van der Waals surface area contributed by atoms with Gasteiger partial charge in [-0.3, -0.25) is 4.79 Å². The van der Waals surface area contributed by atoms with Gasteiger partial charge in [-0.05, 0) is 73.7 Å². The fourth-order valence-corrected chi connectivity index (χ4v) is 3.74. The van der Waals surface area contributed by atoms with Crippen LogP contribution in [0.25, 0.3) is 0 Å². The van der Waals surface area contributed by atoms with Crippen LogP contribution in [0.2, 0.25) is 20.1 Å². The van der Waals surface area contributed by atoms with Gasteiger partial charge in [0.05, 0.1) is 15.6 Å². The van der Waals surface area contributed by atoms with E-state index in [9.17, 15) is 9.59 Å². The summed E-state index contributed by atoms with van der Waals surface area (Å²) in [4.78, 5) is 22.1. The number of hydrogen-bond donors (Lipinski definition) is 1. The first-order chi connectivity index (χ1) is 17.1. The molecule has 9 heteroatoms. The van der Waals surface area contributed by atoms with E-state index < -0.39 is 5.97 Å². The molecule has 0 saturated carbocycles. The zero-order chi connectivity index (χ0) is 26.2. The van der Waals surface area contributed by atoms with E-state index in [-0.39, 0.29) is 11.3 Å². The Hall–Kier alpha value is -3.22. The quantitative estimate of drug-likeness (QED) is 0.236. The Labute approximate surface area is 227 Å². The number of aromatic carboxylic acids is 1. The smallest absolute Gasteiger partial charge is 0.335 e. The van der Waals surface area contributed by atoms with Crippen LogP contribution < -0.4 is 9.47 Å². The molecule has 4 aromatic carbocycles. The number of carboxylic acid groups (broad SMARTS) is 1. The van der Waals surface area contributed by atoms with Gasteiger partial charge >= 0.3 is 5.97 Å². The molecule has 0 aliphatic heterocycles. The summed E-state index contributed by atoms with van der Waals surface area (Å²) < 4.78 is 11.1. The van der Waals surface area contributed by atoms with E-state index in [4.69, 9.17) is 61.0 Å². The second-order valence-electron chi connectivity index (χ2n) is 7.27. The zero-order valence-electron chi connectivity index (χ0n) is 18.7. The molecule has 4 aromatic rings. The molecule has 0 aromatic heterocycles. The summed E-state index contributed by atoms with van der Waals surface area (Å²) in [6, 6.07) is 22.9. The van der Waals surface area contributed by atoms with E-state index >= 15 is 0 Å². The van der Waals surface area contributed by atoms with Crippen molar-refractivity contribution in [3.8, 4) is 23.0 Å². The molecule has 0 spiro atoms. The number of benzene rings is 4. The van der Waals surface area contributed by atoms with E-state index in [1.165, 1.54) is 19.1 Å². The van der Waals surface area contributed by atoms with Crippen molar-refractivity contribution in [2.45, 2.75) is 6.92 Å². The highest BCUT2D eigenvalue weighted by Gasteiger charge is 2.08. The monoisotopic (exact) mass is 562 g/mol. The first-order valence-electron chi connectivity index (χ1n) is 10.3. The van der Waals surface area contributed by atoms with Crippen molar-refractivity contribution in [1.29, 1.82) is 0 Å². The van der Waals surface area contributed by atoms with Crippen LogP contribution in [0, 0.1) is 0 Å². The summed E-state index contributed by atoms with van der Waals surface area (Å²) >= 11 is 23.5. The molecule has 0 saturated heterocycles. The van der Waals surface area contributed by atoms with Gasteiger partial charge in [0.15, 0.2) is 5.78 Å². The summed E-state index contributed by atoms with van der Waals surface area (Å²) in [5, 5.41) is 10.7. The van der Waals surface area contributed by atoms with E-state index in [2.05, 4.69) is 0 Å². The molecule has 1 N–H and O–H groups in total. The number of carbonyl (C=O) groups excluding carboxylic acids is 1. The third kappa shape index (κ3) is 7.90. The topological polar surface area (TPSA) is 72.8 Å². The van der Waals surface area contributed by atoms with E-state index in [1.54, 1.807) is 72.8 Å². The third-order valence-electron chi connectivity index (χ3n) is 4.57. The fourth-order valence-electron chi connectivity index (χ4n) is 2.84. The maximum absolute atomic E-state index is 11.3. The number of hydrogen-bond acceptors (Lipinski definition) is 4. The number of carboxylic acids is 1. The molecule has 0 unspecified atom stereocenters. The van der Waals surface area contributed by atoms with Crippen molar-refractivity contribution < 1.29 is 24.2 Å². The predicted octanol–water partition coefficient (Wildman–Crippen LogP) is 9.47. The molecular formula is C27H18Cl4O5. The van der Waals surface area contributed by atoms with Crippen LogP contribution in [0.3, 0.4) is 0 Å². The third-order valence-corrected chi connectivity index (χ3v) is 5.63. The zero-order valence-corrected chi connectivity index (χ0v) is 21.7. The minimum Gasteiger partial charge on any atom is -0.478 e. The van der Waals surface area contributed by atoms with Crippen LogP contribution in [0.5, 0.6) is 23.0 Å². The van der Waals surface area contributed by atoms with Gasteiger partial charge in [0, 0.05) is 15.6 Å². The van der Waals surface area contributed by atoms with Crippen molar-refractivity contribution in [2.75, 3.05) is 0 Å². The second kappa shape index (κ2) is 12.7. The van der Waals surface area contributed by atoms with Gasteiger partial charge in [0.25, 0.3) is 0 Å². The van der Waals surface area contributed by atoms with Crippen molar-refractivity contribution in [2.24, 2.45) is 0 Å². The van der Waals surface area contributed by atoms with Crippen molar-refractivity contribution in [1.82, 2.24) is 0 Å². The normalized spacial score (nSPS) is 10.1. The van der Waals surface area contributed by atoms with Crippen molar-refractivity contribution >= 4 is 58.2 Å². The molecule has 0 heterocycles. The summed E-state index contributed by atoms with van der Waals surface area (Å²) in [5.41, 5.74) is 0.746. The van der Waals surface area contributed by atoms with Gasteiger partial charge in [-0.15, -0.1) is 0 Å². The van der Waals surface area contributed by atoms with Gasteiger partial charge < -0.3 is 14.6 Å². The average Bonchev–Trinajstić information content (AvgIpc) is 2.83. The van der Waals surface area contributed by atoms with Gasteiger partial charge in [-0.1, -0.05) is 64.6 Å². The Kier molecular flexibility index (Phi) is 9.62. The number of ether oxygens (including phenoxy) is 2. The Morgan fingerprint density at radius 2 is 1.08 bits per heavy atom. The number of rotatable bonds is 6. The minimum absolute atomic E-state index is 0.0114. The Balaban J connectivity index is 0.000000201. The lowest BCUT2D eigenvalue weighted by Crippen LogP contribution is -1.96. The second-order valence-corrected chi connectivity index (χ2v) is 8.96. The maximum atomic E-state index is 11.3. The summed E-state index contributed by atoms with van der Waals surface area (Å²) in [5.74, 6) is 0.863. The van der Waals surface area contributed by atoms with E-state index in [0.717, 1.165) is 0 Å². The molecule has 0 radical (unpaired) electrons. The van der Waals surface area contributed by atoms with Gasteiger partial charge in [-0.25, -0.2) is 4.79 Å². The number of ketones is 1. The maximum Gasteiger partial charge on any atom is 0.335 e. The molecular weight excluding hydrogens is 546 g/mol. The number of halogens is 4. The molecule has 184 valence electrons. The molecule has 0 amide bonds. The molecule has 5 nitrogen and oxygen atoms in total. The lowest BCUT2D eigenvalue weighted by atomic mass is 10.1. The first kappa shape index (κ1) is 27.4. The molecule has 36 heavy (non-hydrogen) atoms. The highest BCUT2D eigenvalue weighted by Crippen LogP contribution is 2.33. The SMILES string of the molecule is CC(=O)c1cccc(Oc2ccc(Cl)cc2Cl)c1.O=C(O)c1cccc(Oc2ccc(Cl)cc2Cl)c1. The summed E-state index contributed by atoms with van der Waals surface area (Å²) in [6.07, 6.45) is 0. The molecule has 0 atom stereocenters. The number of carbonyl (C=O) groups is 2. The average molecular weight is 564 g/mol. The predicted molar refractivity (Wildman–Crippen MR) is 143 cm³/mol.